The lowest BCUT2D eigenvalue weighted by molar-refractivity contribution is -0.110. The molecule has 1 aromatic carbocycles. The first kappa shape index (κ1) is 30.4. The SMILES string of the molecule is C=C(OC)c1ccc([C@@H](N)CCC)cc1.CCC(C)CC.CN=C1C(C(C)=O)=NC=NC1C. The van der Waals surface area contributed by atoms with E-state index in [9.17, 15) is 4.79 Å². The highest BCUT2D eigenvalue weighted by Crippen LogP contribution is 2.19. The van der Waals surface area contributed by atoms with Gasteiger partial charge < -0.3 is 10.5 Å². The molecule has 1 aliphatic rings. The summed E-state index contributed by atoms with van der Waals surface area (Å²) in [6.07, 6.45) is 6.20. The van der Waals surface area contributed by atoms with Gasteiger partial charge in [-0.3, -0.25) is 14.8 Å². The van der Waals surface area contributed by atoms with Crippen molar-refractivity contribution in [1.29, 1.82) is 0 Å². The summed E-state index contributed by atoms with van der Waals surface area (Å²) < 4.78 is 5.06. The Kier molecular flexibility index (Phi) is 15.6. The monoisotopic (exact) mass is 456 g/mol. The molecule has 0 saturated carbocycles. The van der Waals surface area contributed by atoms with E-state index in [1.807, 2.05) is 31.2 Å². The maximum atomic E-state index is 11.0. The third-order valence-corrected chi connectivity index (χ3v) is 5.59. The summed E-state index contributed by atoms with van der Waals surface area (Å²) in [5.74, 6) is 1.56. The molecule has 1 heterocycles. The van der Waals surface area contributed by atoms with Crippen LogP contribution in [0.25, 0.3) is 5.76 Å². The van der Waals surface area contributed by atoms with Crippen molar-refractivity contribution in [3.05, 3.63) is 42.0 Å². The minimum absolute atomic E-state index is 0.0496. The lowest BCUT2D eigenvalue weighted by atomic mass is 10.0. The van der Waals surface area contributed by atoms with Gasteiger partial charge in [0, 0.05) is 25.6 Å². The molecule has 1 aromatic rings. The molecule has 0 radical (unpaired) electrons. The molecule has 1 aliphatic heterocycles. The standard InChI is InChI=1S/C13H19NO.C8H11N3O.C6H14/c1-4-5-13(14)12-8-6-11(7-9-12)10(2)15-3;1-5-7(9-3)8(6(2)12)11-4-10-5;1-4-6(3)5-2/h6-9,13H,2,4-5,14H2,1,3H3;4-5H,1-3H3;6H,4-5H2,1-3H3/t13-;;/m0../s1. The molecule has 0 aromatic heterocycles. The van der Waals surface area contributed by atoms with Crippen LogP contribution in [-0.4, -0.2) is 43.7 Å². The van der Waals surface area contributed by atoms with E-state index in [4.69, 9.17) is 10.5 Å². The summed E-state index contributed by atoms with van der Waals surface area (Å²) >= 11 is 0. The highest BCUT2D eigenvalue weighted by atomic mass is 16.5. The van der Waals surface area contributed by atoms with Gasteiger partial charge in [-0.15, -0.1) is 0 Å². The van der Waals surface area contributed by atoms with E-state index >= 15 is 0 Å². The van der Waals surface area contributed by atoms with Gasteiger partial charge in [0.1, 0.15) is 17.8 Å². The highest BCUT2D eigenvalue weighted by molar-refractivity contribution is 6.69. The maximum absolute atomic E-state index is 11.0. The molecule has 0 amide bonds. The molecule has 2 N–H and O–H groups in total. The molecule has 0 bridgehead atoms. The van der Waals surface area contributed by atoms with Crippen molar-refractivity contribution in [2.75, 3.05) is 14.2 Å². The average molecular weight is 457 g/mol. The maximum Gasteiger partial charge on any atom is 0.180 e. The second-order valence-electron chi connectivity index (χ2n) is 8.15. The minimum atomic E-state index is -0.0615. The van der Waals surface area contributed by atoms with Crippen LogP contribution in [0.5, 0.6) is 0 Å². The first-order chi connectivity index (χ1) is 15.7. The molecule has 1 unspecified atom stereocenters. The Balaban J connectivity index is 0.000000509. The largest absolute Gasteiger partial charge is 0.497 e. The van der Waals surface area contributed by atoms with E-state index in [1.54, 1.807) is 14.2 Å². The van der Waals surface area contributed by atoms with E-state index < -0.39 is 0 Å². The van der Waals surface area contributed by atoms with Crippen molar-refractivity contribution in [3.8, 4) is 0 Å². The van der Waals surface area contributed by atoms with Crippen LogP contribution in [0.3, 0.4) is 0 Å². The lowest BCUT2D eigenvalue weighted by Crippen LogP contribution is -2.32. The van der Waals surface area contributed by atoms with Gasteiger partial charge in [-0.2, -0.15) is 0 Å². The summed E-state index contributed by atoms with van der Waals surface area (Å²) in [5, 5.41) is 0. The minimum Gasteiger partial charge on any atom is -0.497 e. The number of hydrogen-bond acceptors (Lipinski definition) is 6. The Hall–Kier alpha value is -2.60. The van der Waals surface area contributed by atoms with Crippen molar-refractivity contribution in [2.45, 2.75) is 79.3 Å². The Labute approximate surface area is 201 Å². The number of carbonyl (C=O) groups excluding carboxylic acids is 1. The molecule has 0 fully saturated rings. The fourth-order valence-corrected chi connectivity index (χ4v) is 2.89. The fraction of sp³-hybridized carbons (Fsp3) is 0.556. The van der Waals surface area contributed by atoms with Gasteiger partial charge in [0.2, 0.25) is 0 Å². The van der Waals surface area contributed by atoms with Crippen molar-refractivity contribution >= 4 is 29.3 Å². The zero-order chi connectivity index (χ0) is 25.4. The molecule has 0 aliphatic carbocycles. The molecular weight excluding hydrogens is 412 g/mol. The number of nitrogens with zero attached hydrogens (tertiary/aromatic N) is 3. The molecule has 0 saturated heterocycles. The van der Waals surface area contributed by atoms with Crippen LogP contribution in [0, 0.1) is 5.92 Å². The zero-order valence-corrected chi connectivity index (χ0v) is 21.9. The normalized spacial score (nSPS) is 16.7. The molecule has 2 atom stereocenters. The predicted octanol–water partition coefficient (Wildman–Crippen LogP) is 6.06. The van der Waals surface area contributed by atoms with Gasteiger partial charge in [0.15, 0.2) is 5.78 Å². The van der Waals surface area contributed by atoms with Crippen molar-refractivity contribution in [1.82, 2.24) is 0 Å². The topological polar surface area (TPSA) is 89.4 Å². The van der Waals surface area contributed by atoms with Gasteiger partial charge in [-0.1, -0.05) is 77.8 Å². The molecule has 2 rings (SSSR count). The molecule has 6 nitrogen and oxygen atoms in total. The third-order valence-electron chi connectivity index (χ3n) is 5.59. The second-order valence-corrected chi connectivity index (χ2v) is 8.15. The Morgan fingerprint density at radius 2 is 1.79 bits per heavy atom. The first-order valence-electron chi connectivity index (χ1n) is 11.8. The molecule has 0 spiro atoms. The van der Waals surface area contributed by atoms with Crippen LogP contribution in [-0.2, 0) is 9.53 Å². The summed E-state index contributed by atoms with van der Waals surface area (Å²) in [5.41, 5.74) is 9.29. The van der Waals surface area contributed by atoms with Crippen LogP contribution in [0.15, 0.2) is 45.8 Å². The number of Topliss-reactive ketones (excluding diaryl/α,β-unsaturated/α-hetero) is 1. The number of hydrogen-bond donors (Lipinski definition) is 1. The van der Waals surface area contributed by atoms with E-state index in [0.717, 1.165) is 24.3 Å². The van der Waals surface area contributed by atoms with Crippen molar-refractivity contribution in [2.24, 2.45) is 26.6 Å². The van der Waals surface area contributed by atoms with Crippen LogP contribution in [0.4, 0.5) is 0 Å². The quantitative estimate of drug-likeness (QED) is 0.482. The van der Waals surface area contributed by atoms with Crippen LogP contribution in [0.2, 0.25) is 0 Å². The Morgan fingerprint density at radius 3 is 2.15 bits per heavy atom. The van der Waals surface area contributed by atoms with Crippen molar-refractivity contribution < 1.29 is 9.53 Å². The van der Waals surface area contributed by atoms with E-state index in [1.165, 1.54) is 31.7 Å². The van der Waals surface area contributed by atoms with Crippen LogP contribution in [0.1, 0.15) is 84.4 Å². The molecule has 33 heavy (non-hydrogen) atoms. The summed E-state index contributed by atoms with van der Waals surface area (Å²) in [6, 6.07) is 8.17. The predicted molar refractivity (Wildman–Crippen MR) is 143 cm³/mol. The molecule has 6 heteroatoms. The number of nitrogens with two attached hydrogens (primary N) is 1. The van der Waals surface area contributed by atoms with E-state index in [-0.39, 0.29) is 17.9 Å². The fourth-order valence-electron chi connectivity index (χ4n) is 2.89. The number of methoxy groups -OCH3 is 1. The number of benzene rings is 1. The van der Waals surface area contributed by atoms with Crippen LogP contribution < -0.4 is 5.73 Å². The van der Waals surface area contributed by atoms with Gasteiger partial charge in [0.25, 0.3) is 0 Å². The van der Waals surface area contributed by atoms with Gasteiger partial charge in [-0.25, -0.2) is 4.99 Å². The number of rotatable bonds is 8. The Bertz CT molecular complexity index is 806. The van der Waals surface area contributed by atoms with Gasteiger partial charge >= 0.3 is 0 Å². The zero-order valence-electron chi connectivity index (χ0n) is 21.9. The van der Waals surface area contributed by atoms with Crippen LogP contribution >= 0.6 is 0 Å². The third kappa shape index (κ3) is 11.2. The van der Waals surface area contributed by atoms with Gasteiger partial charge in [0.05, 0.1) is 18.9 Å². The van der Waals surface area contributed by atoms with Crippen molar-refractivity contribution in [3.63, 3.8) is 0 Å². The highest BCUT2D eigenvalue weighted by Gasteiger charge is 2.21. The molecular formula is C27H44N4O2. The average Bonchev–Trinajstić information content (AvgIpc) is 2.83. The smallest absolute Gasteiger partial charge is 0.180 e. The lowest BCUT2D eigenvalue weighted by Gasteiger charge is -2.13. The second kappa shape index (κ2) is 17.0. The number of ketones is 1. The van der Waals surface area contributed by atoms with Gasteiger partial charge in [-0.05, 0) is 24.8 Å². The van der Waals surface area contributed by atoms with E-state index in [0.29, 0.717) is 17.2 Å². The summed E-state index contributed by atoms with van der Waals surface area (Å²) in [7, 11) is 3.27. The summed E-state index contributed by atoms with van der Waals surface area (Å²) in [4.78, 5) is 22.9. The number of carbonyl (C=O) groups is 1. The molecule has 184 valence electrons. The number of ether oxygens (including phenoxy) is 1. The first-order valence-corrected chi connectivity index (χ1v) is 11.8. The Morgan fingerprint density at radius 1 is 1.21 bits per heavy atom. The summed E-state index contributed by atoms with van der Waals surface area (Å²) in [6.45, 7) is 16.0. The number of aliphatic imine (C=N–C) groups is 3. The van der Waals surface area contributed by atoms with E-state index in [2.05, 4.69) is 49.3 Å².